The molecule has 1 saturated heterocycles. The van der Waals surface area contributed by atoms with Crippen LogP contribution in [0.4, 0.5) is 4.79 Å². The number of ether oxygens (including phenoxy) is 4. The molecule has 2 N–H and O–H groups in total. The second-order valence-corrected chi connectivity index (χ2v) is 9.41. The van der Waals surface area contributed by atoms with Crippen LogP contribution in [-0.4, -0.2) is 60.7 Å². The van der Waals surface area contributed by atoms with E-state index < -0.39 is 23.7 Å². The third kappa shape index (κ3) is 5.20. The molecule has 34 heavy (non-hydrogen) atoms. The van der Waals surface area contributed by atoms with Gasteiger partial charge in [0.15, 0.2) is 11.5 Å². The molecule has 0 bridgehead atoms. The van der Waals surface area contributed by atoms with Crippen molar-refractivity contribution in [2.24, 2.45) is 0 Å². The number of phenolic OH excluding ortho intramolecular Hbond substituents is 1. The number of nitrogens with one attached hydrogen (secondary N) is 1. The Morgan fingerprint density at radius 3 is 2.62 bits per heavy atom. The quantitative estimate of drug-likeness (QED) is 0.639. The minimum absolute atomic E-state index is 0.0567. The number of hydrogen-bond donors (Lipinski definition) is 2. The molecule has 1 fully saturated rings. The Hall–Kier alpha value is -3.46. The smallest absolute Gasteiger partial charge is 0.407 e. The number of alkyl carbamates (subject to hydrolysis) is 1. The van der Waals surface area contributed by atoms with Crippen LogP contribution in [0.1, 0.15) is 54.7 Å². The van der Waals surface area contributed by atoms with Gasteiger partial charge in [0.05, 0.1) is 18.7 Å². The molecule has 9 heteroatoms. The van der Waals surface area contributed by atoms with E-state index in [-0.39, 0.29) is 18.6 Å². The highest BCUT2D eigenvalue weighted by atomic mass is 16.7. The zero-order valence-corrected chi connectivity index (χ0v) is 19.8. The molecule has 1 amide bonds. The van der Waals surface area contributed by atoms with Crippen molar-refractivity contribution in [2.75, 3.05) is 27.0 Å². The summed E-state index contributed by atoms with van der Waals surface area (Å²) in [5.74, 6) is 0.640. The van der Waals surface area contributed by atoms with Gasteiger partial charge in [0.1, 0.15) is 11.4 Å². The lowest BCUT2D eigenvalue weighted by molar-refractivity contribution is 0.0503. The van der Waals surface area contributed by atoms with Gasteiger partial charge in [0, 0.05) is 30.8 Å². The summed E-state index contributed by atoms with van der Waals surface area (Å²) in [6, 6.07) is 9.91. The number of rotatable bonds is 5. The first kappa shape index (κ1) is 23.7. The number of benzene rings is 2. The third-order valence-electron chi connectivity index (χ3n) is 5.75. The molecule has 182 valence electrons. The van der Waals surface area contributed by atoms with Gasteiger partial charge < -0.3 is 29.4 Å². The lowest BCUT2D eigenvalue weighted by Gasteiger charge is -2.30. The van der Waals surface area contributed by atoms with Crippen LogP contribution in [0.5, 0.6) is 17.2 Å². The Balaban J connectivity index is 1.65. The summed E-state index contributed by atoms with van der Waals surface area (Å²) in [5, 5.41) is 13.8. The third-order valence-corrected chi connectivity index (χ3v) is 5.75. The molecule has 2 atom stereocenters. The number of carbonyl (C=O) groups excluding carboxylic acids is 2. The van der Waals surface area contributed by atoms with E-state index >= 15 is 0 Å². The Bertz CT molecular complexity index is 1080. The lowest BCUT2D eigenvalue weighted by atomic mass is 9.94. The van der Waals surface area contributed by atoms with E-state index in [9.17, 15) is 14.7 Å². The molecule has 2 aliphatic heterocycles. The highest BCUT2D eigenvalue weighted by molar-refractivity contribution is 5.89. The lowest BCUT2D eigenvalue weighted by Crippen LogP contribution is -2.41. The second kappa shape index (κ2) is 9.42. The van der Waals surface area contributed by atoms with Crippen molar-refractivity contribution < 1.29 is 33.6 Å². The highest BCUT2D eigenvalue weighted by Crippen LogP contribution is 2.44. The molecule has 0 saturated carbocycles. The number of nitrogens with zero attached hydrogens (tertiary/aromatic N) is 1. The number of phenols is 1. The monoisotopic (exact) mass is 470 g/mol. The van der Waals surface area contributed by atoms with Gasteiger partial charge in [0.25, 0.3) is 0 Å². The van der Waals surface area contributed by atoms with Crippen LogP contribution >= 0.6 is 0 Å². The number of amides is 1. The average molecular weight is 471 g/mol. The van der Waals surface area contributed by atoms with E-state index in [1.54, 1.807) is 30.3 Å². The van der Waals surface area contributed by atoms with Crippen LogP contribution < -0.4 is 14.8 Å². The standard InChI is InChI=1S/C25H30N2O7/c1-25(2,3)34-24(30)26-17-8-9-27(13-17)22(15-6-5-7-16(10-15)23(29)31-4)18-11-20-21(12-19(18)28)33-14-32-20/h5-7,10-12,17,22,28H,8-9,13-14H2,1-4H3,(H,26,30)/t17-,22?/m1/s1. The highest BCUT2D eigenvalue weighted by Gasteiger charge is 2.34. The normalized spacial score (nSPS) is 18.4. The van der Waals surface area contributed by atoms with Crippen LogP contribution in [0.3, 0.4) is 0 Å². The van der Waals surface area contributed by atoms with Gasteiger partial charge in [-0.15, -0.1) is 0 Å². The maximum absolute atomic E-state index is 12.3. The van der Waals surface area contributed by atoms with Gasteiger partial charge in [-0.25, -0.2) is 9.59 Å². The maximum Gasteiger partial charge on any atom is 0.407 e. The number of fused-ring (bicyclic) bond motifs is 1. The summed E-state index contributed by atoms with van der Waals surface area (Å²) in [7, 11) is 1.34. The molecule has 2 aromatic rings. The van der Waals surface area contributed by atoms with Crippen molar-refractivity contribution in [3.05, 3.63) is 53.1 Å². The summed E-state index contributed by atoms with van der Waals surface area (Å²) < 4.78 is 21.2. The average Bonchev–Trinajstić information content (AvgIpc) is 3.41. The molecule has 0 radical (unpaired) electrons. The van der Waals surface area contributed by atoms with E-state index in [0.29, 0.717) is 42.1 Å². The minimum atomic E-state index is -0.586. The predicted octanol–water partition coefficient (Wildman–Crippen LogP) is 3.60. The van der Waals surface area contributed by atoms with Crippen molar-refractivity contribution >= 4 is 12.1 Å². The van der Waals surface area contributed by atoms with Gasteiger partial charge in [-0.2, -0.15) is 0 Å². The van der Waals surface area contributed by atoms with Crippen molar-refractivity contribution in [3.63, 3.8) is 0 Å². The first-order valence-electron chi connectivity index (χ1n) is 11.2. The number of carbonyl (C=O) groups is 2. The summed E-state index contributed by atoms with van der Waals surface area (Å²) in [5.41, 5.74) is 1.24. The zero-order chi connectivity index (χ0) is 24.5. The van der Waals surface area contributed by atoms with Crippen molar-refractivity contribution in [2.45, 2.75) is 44.9 Å². The van der Waals surface area contributed by atoms with Crippen LogP contribution in [0.2, 0.25) is 0 Å². The summed E-state index contributed by atoms with van der Waals surface area (Å²) >= 11 is 0. The van der Waals surface area contributed by atoms with Gasteiger partial charge in [0.2, 0.25) is 6.79 Å². The Labute approximate surface area is 198 Å². The van der Waals surface area contributed by atoms with Crippen LogP contribution in [-0.2, 0) is 9.47 Å². The van der Waals surface area contributed by atoms with Crippen molar-refractivity contribution in [1.82, 2.24) is 10.2 Å². The Morgan fingerprint density at radius 2 is 1.91 bits per heavy atom. The van der Waals surface area contributed by atoms with Crippen LogP contribution in [0.25, 0.3) is 0 Å². The number of likely N-dealkylation sites (tertiary alicyclic amines) is 1. The Kier molecular flexibility index (Phi) is 6.56. The van der Waals surface area contributed by atoms with E-state index in [2.05, 4.69) is 10.2 Å². The Morgan fingerprint density at radius 1 is 1.18 bits per heavy atom. The molecular weight excluding hydrogens is 440 g/mol. The predicted molar refractivity (Wildman–Crippen MR) is 123 cm³/mol. The largest absolute Gasteiger partial charge is 0.507 e. The molecule has 4 rings (SSSR count). The van der Waals surface area contributed by atoms with Gasteiger partial charge in [-0.1, -0.05) is 12.1 Å². The fourth-order valence-corrected chi connectivity index (χ4v) is 4.32. The van der Waals surface area contributed by atoms with E-state index in [1.165, 1.54) is 7.11 Å². The summed E-state index contributed by atoms with van der Waals surface area (Å²) in [6.07, 6.45) is 0.243. The van der Waals surface area contributed by atoms with E-state index in [1.807, 2.05) is 26.8 Å². The first-order valence-corrected chi connectivity index (χ1v) is 11.2. The molecule has 9 nitrogen and oxygen atoms in total. The topological polar surface area (TPSA) is 107 Å². The fraction of sp³-hybridized carbons (Fsp3) is 0.440. The molecule has 2 heterocycles. The SMILES string of the molecule is COC(=O)c1cccc(C(c2cc3c(cc2O)OCO3)N2CC[C@@H](NC(=O)OC(C)(C)C)C2)c1. The summed E-state index contributed by atoms with van der Waals surface area (Å²) in [4.78, 5) is 26.6. The van der Waals surface area contributed by atoms with E-state index in [4.69, 9.17) is 18.9 Å². The fourth-order valence-electron chi connectivity index (χ4n) is 4.32. The molecular formula is C25H30N2O7. The molecule has 0 aliphatic carbocycles. The molecule has 1 unspecified atom stereocenters. The van der Waals surface area contributed by atoms with Gasteiger partial charge >= 0.3 is 12.1 Å². The van der Waals surface area contributed by atoms with Crippen molar-refractivity contribution in [3.8, 4) is 17.2 Å². The second-order valence-electron chi connectivity index (χ2n) is 9.41. The van der Waals surface area contributed by atoms with Gasteiger partial charge in [-0.3, -0.25) is 4.90 Å². The van der Waals surface area contributed by atoms with Crippen LogP contribution in [0.15, 0.2) is 36.4 Å². The molecule has 0 spiro atoms. The van der Waals surface area contributed by atoms with Gasteiger partial charge in [-0.05, 0) is 51.0 Å². The summed E-state index contributed by atoms with van der Waals surface area (Å²) in [6.45, 7) is 6.73. The minimum Gasteiger partial charge on any atom is -0.507 e. The van der Waals surface area contributed by atoms with Crippen molar-refractivity contribution in [1.29, 1.82) is 0 Å². The molecule has 2 aromatic carbocycles. The number of methoxy groups -OCH3 is 1. The van der Waals surface area contributed by atoms with E-state index in [0.717, 1.165) is 5.56 Å². The zero-order valence-electron chi connectivity index (χ0n) is 19.8. The maximum atomic E-state index is 12.3. The number of aromatic hydroxyl groups is 1. The molecule has 2 aliphatic rings. The first-order chi connectivity index (χ1) is 16.1. The number of esters is 1. The molecule has 0 aromatic heterocycles. The number of hydrogen-bond acceptors (Lipinski definition) is 8. The van der Waals surface area contributed by atoms with Crippen LogP contribution in [0, 0.1) is 0 Å².